The van der Waals surface area contributed by atoms with Crippen LogP contribution in [0.15, 0.2) is 42.5 Å². The third kappa shape index (κ3) is 3.63. The Balaban J connectivity index is 1.65. The number of urea groups is 1. The highest BCUT2D eigenvalue weighted by molar-refractivity contribution is 6.30. The van der Waals surface area contributed by atoms with Gasteiger partial charge in [0.05, 0.1) is 18.7 Å². The minimum atomic E-state index is -0.499. The van der Waals surface area contributed by atoms with Crippen LogP contribution in [0.25, 0.3) is 0 Å². The Labute approximate surface area is 145 Å². The van der Waals surface area contributed by atoms with Crippen molar-refractivity contribution in [2.45, 2.75) is 19.0 Å². The molecule has 0 saturated carbocycles. The standard InChI is InChI=1S/C18H19ClN2O3/c1-11-2-7-17-14(8-11)16(10-24-17)21-18(23)20-15(9-22)12-3-5-13(19)6-4-12/h2-8,15-16,22H,9-10H2,1H3,(H2,20,21,23). The third-order valence-corrected chi connectivity index (χ3v) is 4.26. The van der Waals surface area contributed by atoms with Crippen LogP contribution in [0.5, 0.6) is 5.75 Å². The molecule has 0 aliphatic carbocycles. The van der Waals surface area contributed by atoms with Gasteiger partial charge in [-0.05, 0) is 30.7 Å². The number of aliphatic hydroxyl groups is 1. The van der Waals surface area contributed by atoms with Crippen LogP contribution >= 0.6 is 11.6 Å². The van der Waals surface area contributed by atoms with E-state index >= 15 is 0 Å². The summed E-state index contributed by atoms with van der Waals surface area (Å²) in [4.78, 5) is 12.3. The number of ether oxygens (including phenoxy) is 1. The van der Waals surface area contributed by atoms with Gasteiger partial charge in [0, 0.05) is 10.6 Å². The molecule has 126 valence electrons. The van der Waals surface area contributed by atoms with Crippen molar-refractivity contribution in [1.82, 2.24) is 10.6 Å². The van der Waals surface area contributed by atoms with Crippen LogP contribution in [0.1, 0.15) is 28.8 Å². The molecule has 0 saturated heterocycles. The zero-order valence-electron chi connectivity index (χ0n) is 13.3. The molecule has 3 rings (SSSR count). The van der Waals surface area contributed by atoms with Gasteiger partial charge < -0.3 is 20.5 Å². The highest BCUT2D eigenvalue weighted by Crippen LogP contribution is 2.32. The van der Waals surface area contributed by atoms with E-state index in [9.17, 15) is 9.90 Å². The van der Waals surface area contributed by atoms with E-state index in [1.54, 1.807) is 24.3 Å². The number of benzene rings is 2. The predicted molar refractivity (Wildman–Crippen MR) is 92.4 cm³/mol. The molecule has 2 amide bonds. The Hall–Kier alpha value is -2.24. The molecule has 3 N–H and O–H groups in total. The fourth-order valence-corrected chi connectivity index (χ4v) is 2.87. The van der Waals surface area contributed by atoms with Crippen molar-refractivity contribution in [2.24, 2.45) is 0 Å². The predicted octanol–water partition coefficient (Wildman–Crippen LogP) is 3.11. The molecule has 0 radical (unpaired) electrons. The number of hydrogen-bond acceptors (Lipinski definition) is 3. The Morgan fingerprint density at radius 2 is 2.08 bits per heavy atom. The molecule has 5 nitrogen and oxygen atoms in total. The number of aryl methyl sites for hydroxylation is 1. The number of halogens is 1. The lowest BCUT2D eigenvalue weighted by molar-refractivity contribution is 0.211. The molecule has 6 heteroatoms. The maximum Gasteiger partial charge on any atom is 0.315 e. The molecule has 0 spiro atoms. The second kappa shape index (κ2) is 7.11. The third-order valence-electron chi connectivity index (χ3n) is 4.01. The van der Waals surface area contributed by atoms with Gasteiger partial charge in [-0.25, -0.2) is 4.79 Å². The van der Waals surface area contributed by atoms with Crippen LogP contribution in [-0.4, -0.2) is 24.4 Å². The monoisotopic (exact) mass is 346 g/mol. The molecule has 1 heterocycles. The molecule has 24 heavy (non-hydrogen) atoms. The van der Waals surface area contributed by atoms with Crippen molar-refractivity contribution in [1.29, 1.82) is 0 Å². The smallest absolute Gasteiger partial charge is 0.315 e. The fourth-order valence-electron chi connectivity index (χ4n) is 2.74. The highest BCUT2D eigenvalue weighted by Gasteiger charge is 2.26. The van der Waals surface area contributed by atoms with Crippen LogP contribution in [0.4, 0.5) is 4.79 Å². The maximum atomic E-state index is 12.3. The Bertz CT molecular complexity index is 734. The van der Waals surface area contributed by atoms with Gasteiger partial charge in [-0.2, -0.15) is 0 Å². The van der Waals surface area contributed by atoms with Crippen molar-refractivity contribution >= 4 is 17.6 Å². The van der Waals surface area contributed by atoms with Gasteiger partial charge in [0.2, 0.25) is 0 Å². The van der Waals surface area contributed by atoms with Gasteiger partial charge in [0.25, 0.3) is 0 Å². The van der Waals surface area contributed by atoms with Crippen LogP contribution in [-0.2, 0) is 0 Å². The van der Waals surface area contributed by atoms with E-state index in [0.29, 0.717) is 11.6 Å². The average Bonchev–Trinajstić information content (AvgIpc) is 2.95. The van der Waals surface area contributed by atoms with Crippen molar-refractivity contribution in [3.8, 4) is 5.75 Å². The van der Waals surface area contributed by atoms with E-state index in [1.165, 1.54) is 0 Å². The fraction of sp³-hybridized carbons (Fsp3) is 0.278. The summed E-state index contributed by atoms with van der Waals surface area (Å²) in [5.74, 6) is 0.794. The lowest BCUT2D eigenvalue weighted by atomic mass is 10.1. The Morgan fingerprint density at radius 1 is 1.33 bits per heavy atom. The first kappa shape index (κ1) is 16.6. The van der Waals surface area contributed by atoms with Crippen LogP contribution < -0.4 is 15.4 Å². The SMILES string of the molecule is Cc1ccc2c(c1)C(NC(=O)NC(CO)c1ccc(Cl)cc1)CO2. The zero-order chi connectivity index (χ0) is 17.1. The molecule has 2 atom stereocenters. The zero-order valence-corrected chi connectivity index (χ0v) is 14.0. The van der Waals surface area contributed by atoms with Gasteiger partial charge in [-0.1, -0.05) is 41.4 Å². The second-order valence-corrected chi connectivity index (χ2v) is 6.25. The summed E-state index contributed by atoms with van der Waals surface area (Å²) in [5, 5.41) is 15.8. The van der Waals surface area contributed by atoms with Gasteiger partial charge in [-0.15, -0.1) is 0 Å². The van der Waals surface area contributed by atoms with E-state index in [2.05, 4.69) is 10.6 Å². The summed E-state index contributed by atoms with van der Waals surface area (Å²) in [7, 11) is 0. The van der Waals surface area contributed by atoms with E-state index in [4.69, 9.17) is 16.3 Å². The van der Waals surface area contributed by atoms with E-state index in [1.807, 2.05) is 25.1 Å². The van der Waals surface area contributed by atoms with Crippen LogP contribution in [0, 0.1) is 6.92 Å². The van der Waals surface area contributed by atoms with Crippen molar-refractivity contribution in [2.75, 3.05) is 13.2 Å². The van der Waals surface area contributed by atoms with Crippen molar-refractivity contribution < 1.29 is 14.6 Å². The quantitative estimate of drug-likeness (QED) is 0.796. The maximum absolute atomic E-state index is 12.3. The summed E-state index contributed by atoms with van der Waals surface area (Å²) in [6, 6.07) is 11.8. The van der Waals surface area contributed by atoms with Gasteiger partial charge in [0.1, 0.15) is 12.4 Å². The first-order chi connectivity index (χ1) is 11.6. The number of fused-ring (bicyclic) bond motifs is 1. The topological polar surface area (TPSA) is 70.6 Å². The normalized spacial score (nSPS) is 16.9. The van der Waals surface area contributed by atoms with Crippen molar-refractivity contribution in [3.05, 3.63) is 64.2 Å². The second-order valence-electron chi connectivity index (χ2n) is 5.81. The molecule has 0 bridgehead atoms. The van der Waals surface area contributed by atoms with Gasteiger partial charge in [0.15, 0.2) is 0 Å². The Kier molecular flexibility index (Phi) is 4.92. The molecule has 2 unspecified atom stereocenters. The first-order valence-electron chi connectivity index (χ1n) is 7.73. The summed E-state index contributed by atoms with van der Waals surface area (Å²) in [5.41, 5.74) is 2.87. The largest absolute Gasteiger partial charge is 0.491 e. The number of hydrogen-bond donors (Lipinski definition) is 3. The summed E-state index contributed by atoms with van der Waals surface area (Å²) in [6.07, 6.45) is 0. The lowest BCUT2D eigenvalue weighted by Gasteiger charge is -2.19. The van der Waals surface area contributed by atoms with E-state index < -0.39 is 6.04 Å². The molecule has 2 aromatic rings. The number of carbonyl (C=O) groups is 1. The minimum Gasteiger partial charge on any atom is -0.491 e. The summed E-state index contributed by atoms with van der Waals surface area (Å²) < 4.78 is 5.59. The molecular weight excluding hydrogens is 328 g/mol. The van der Waals surface area contributed by atoms with E-state index in [-0.39, 0.29) is 18.7 Å². The number of aliphatic hydroxyl groups excluding tert-OH is 1. The first-order valence-corrected chi connectivity index (χ1v) is 8.11. The Morgan fingerprint density at radius 3 is 2.79 bits per heavy atom. The number of nitrogens with one attached hydrogen (secondary N) is 2. The highest BCUT2D eigenvalue weighted by atomic mass is 35.5. The summed E-state index contributed by atoms with van der Waals surface area (Å²) >= 11 is 5.86. The molecular formula is C18H19ClN2O3. The van der Waals surface area contributed by atoms with Gasteiger partial charge >= 0.3 is 6.03 Å². The average molecular weight is 347 g/mol. The lowest BCUT2D eigenvalue weighted by Crippen LogP contribution is -2.41. The number of carbonyl (C=O) groups excluding carboxylic acids is 1. The molecule has 0 fully saturated rings. The van der Waals surface area contributed by atoms with Crippen LogP contribution in [0.2, 0.25) is 5.02 Å². The molecule has 2 aromatic carbocycles. The molecule has 0 aromatic heterocycles. The molecule has 1 aliphatic heterocycles. The van der Waals surface area contributed by atoms with Crippen molar-refractivity contribution in [3.63, 3.8) is 0 Å². The summed E-state index contributed by atoms with van der Waals surface area (Å²) in [6.45, 7) is 2.20. The number of rotatable bonds is 4. The van der Waals surface area contributed by atoms with E-state index in [0.717, 1.165) is 22.4 Å². The molecule has 1 aliphatic rings. The number of amides is 2. The van der Waals surface area contributed by atoms with Gasteiger partial charge in [-0.3, -0.25) is 0 Å². The van der Waals surface area contributed by atoms with Crippen LogP contribution in [0.3, 0.4) is 0 Å². The minimum absolute atomic E-state index is 0.202.